The largest absolute Gasteiger partial charge is 0.311 e. The van der Waals surface area contributed by atoms with Crippen molar-refractivity contribution in [3.8, 4) is 11.4 Å². The van der Waals surface area contributed by atoms with Crippen LogP contribution in [0.3, 0.4) is 0 Å². The highest BCUT2D eigenvalue weighted by Gasteiger charge is 2.20. The molecule has 0 fully saturated rings. The van der Waals surface area contributed by atoms with Gasteiger partial charge in [-0.25, -0.2) is 14.4 Å². The van der Waals surface area contributed by atoms with Gasteiger partial charge in [-0.3, -0.25) is 0 Å². The minimum atomic E-state index is -0.276. The van der Waals surface area contributed by atoms with E-state index in [0.29, 0.717) is 16.2 Å². The molecule has 2 aromatic rings. The molecule has 1 aromatic carbocycles. The lowest BCUT2D eigenvalue weighted by Crippen LogP contribution is -2.27. The van der Waals surface area contributed by atoms with Gasteiger partial charge in [0.2, 0.25) is 0 Å². The van der Waals surface area contributed by atoms with Gasteiger partial charge in [0, 0.05) is 12.1 Å². The molecule has 21 heavy (non-hydrogen) atoms. The number of fused-ring (bicyclic) bond motifs is 1. The quantitative estimate of drug-likeness (QED) is 0.895. The van der Waals surface area contributed by atoms with Crippen LogP contribution in [0.2, 0.25) is 0 Å². The van der Waals surface area contributed by atoms with E-state index in [1.807, 2.05) is 0 Å². The summed E-state index contributed by atoms with van der Waals surface area (Å²) >= 11 is 3.22. The van der Waals surface area contributed by atoms with E-state index in [1.54, 1.807) is 12.1 Å². The van der Waals surface area contributed by atoms with Gasteiger partial charge in [-0.05, 0) is 58.6 Å². The predicted octanol–water partition coefficient (Wildman–Crippen LogP) is 3.81. The summed E-state index contributed by atoms with van der Waals surface area (Å²) in [7, 11) is 0. The van der Waals surface area contributed by atoms with E-state index in [0.717, 1.165) is 36.5 Å². The van der Waals surface area contributed by atoms with E-state index >= 15 is 0 Å². The summed E-state index contributed by atoms with van der Waals surface area (Å²) in [5.41, 5.74) is 4.28. The Kier molecular flexibility index (Phi) is 4.04. The smallest absolute Gasteiger partial charge is 0.159 e. The third-order valence-electron chi connectivity index (χ3n) is 3.69. The van der Waals surface area contributed by atoms with Crippen molar-refractivity contribution in [2.24, 2.45) is 0 Å². The van der Waals surface area contributed by atoms with Gasteiger partial charge in [0.25, 0.3) is 0 Å². The van der Waals surface area contributed by atoms with Crippen LogP contribution in [0.15, 0.2) is 22.7 Å². The molecule has 1 aliphatic heterocycles. The van der Waals surface area contributed by atoms with Crippen LogP contribution in [0.5, 0.6) is 0 Å². The SMILES string of the molecule is CC(C)c1nc(-c2ccc(F)c(Br)c2)nc2c1CCNC2. The molecule has 3 rings (SSSR count). The van der Waals surface area contributed by atoms with Crippen LogP contribution >= 0.6 is 15.9 Å². The van der Waals surface area contributed by atoms with Crippen molar-refractivity contribution in [3.05, 3.63) is 45.4 Å². The molecule has 1 aromatic heterocycles. The number of hydrogen-bond acceptors (Lipinski definition) is 3. The molecule has 1 N–H and O–H groups in total. The monoisotopic (exact) mass is 349 g/mol. The second-order valence-electron chi connectivity index (χ2n) is 5.57. The lowest BCUT2D eigenvalue weighted by molar-refractivity contribution is 0.609. The average Bonchev–Trinajstić information content (AvgIpc) is 2.48. The first kappa shape index (κ1) is 14.6. The summed E-state index contributed by atoms with van der Waals surface area (Å²) in [6, 6.07) is 4.90. The molecule has 2 heterocycles. The van der Waals surface area contributed by atoms with Crippen LogP contribution in [0.1, 0.15) is 36.7 Å². The summed E-state index contributed by atoms with van der Waals surface area (Å²) in [6.45, 7) is 6.04. The Morgan fingerprint density at radius 2 is 2.10 bits per heavy atom. The van der Waals surface area contributed by atoms with Gasteiger partial charge < -0.3 is 5.32 Å². The van der Waals surface area contributed by atoms with Gasteiger partial charge in [0.05, 0.1) is 15.9 Å². The van der Waals surface area contributed by atoms with E-state index in [9.17, 15) is 4.39 Å². The molecule has 0 unspecified atom stereocenters. The number of benzene rings is 1. The molecular weight excluding hydrogens is 333 g/mol. The fraction of sp³-hybridized carbons (Fsp3) is 0.375. The second-order valence-corrected chi connectivity index (χ2v) is 6.42. The zero-order valence-corrected chi connectivity index (χ0v) is 13.7. The highest BCUT2D eigenvalue weighted by Crippen LogP contribution is 2.28. The molecule has 110 valence electrons. The summed E-state index contributed by atoms with van der Waals surface area (Å²) < 4.78 is 13.8. The molecule has 0 saturated heterocycles. The van der Waals surface area contributed by atoms with Crippen LogP contribution in [-0.4, -0.2) is 16.5 Å². The van der Waals surface area contributed by atoms with E-state index in [4.69, 9.17) is 4.98 Å². The molecule has 0 saturated carbocycles. The number of hydrogen-bond donors (Lipinski definition) is 1. The minimum absolute atomic E-state index is 0.276. The van der Waals surface area contributed by atoms with Gasteiger partial charge in [-0.15, -0.1) is 0 Å². The highest BCUT2D eigenvalue weighted by atomic mass is 79.9. The Bertz CT molecular complexity index is 685. The Balaban J connectivity index is 2.14. The van der Waals surface area contributed by atoms with Crippen LogP contribution in [0, 0.1) is 5.82 Å². The number of nitrogens with zero attached hydrogens (tertiary/aromatic N) is 2. The third-order valence-corrected chi connectivity index (χ3v) is 4.30. The van der Waals surface area contributed by atoms with E-state index in [-0.39, 0.29) is 5.82 Å². The Labute approximate surface area is 132 Å². The van der Waals surface area contributed by atoms with Crippen LogP contribution < -0.4 is 5.32 Å². The van der Waals surface area contributed by atoms with Crippen molar-refractivity contribution >= 4 is 15.9 Å². The number of rotatable bonds is 2. The molecule has 0 bridgehead atoms. The molecule has 0 spiro atoms. The van der Waals surface area contributed by atoms with Crippen molar-refractivity contribution in [2.45, 2.75) is 32.7 Å². The molecule has 0 aliphatic carbocycles. The maximum Gasteiger partial charge on any atom is 0.159 e. The zero-order valence-electron chi connectivity index (χ0n) is 12.1. The summed E-state index contributed by atoms with van der Waals surface area (Å²) in [6.07, 6.45) is 0.968. The summed E-state index contributed by atoms with van der Waals surface area (Å²) in [4.78, 5) is 9.42. The van der Waals surface area contributed by atoms with Crippen molar-refractivity contribution in [1.82, 2.24) is 15.3 Å². The van der Waals surface area contributed by atoms with Gasteiger partial charge in [0.1, 0.15) is 5.82 Å². The summed E-state index contributed by atoms with van der Waals surface area (Å²) in [5, 5.41) is 3.35. The maximum atomic E-state index is 13.4. The Morgan fingerprint density at radius 1 is 1.29 bits per heavy atom. The Morgan fingerprint density at radius 3 is 2.81 bits per heavy atom. The average molecular weight is 350 g/mol. The topological polar surface area (TPSA) is 37.8 Å². The number of nitrogens with one attached hydrogen (secondary N) is 1. The normalized spacial score (nSPS) is 14.3. The standard InChI is InChI=1S/C16H17BrFN3/c1-9(2)15-11-5-6-19-8-14(11)20-16(21-15)10-3-4-13(18)12(17)7-10/h3-4,7,9,19H,5-6,8H2,1-2H3. The number of aromatic nitrogens is 2. The van der Waals surface area contributed by atoms with Gasteiger partial charge in [0.15, 0.2) is 5.82 Å². The lowest BCUT2D eigenvalue weighted by Gasteiger charge is -2.21. The molecular formula is C16H17BrFN3. The molecule has 0 atom stereocenters. The van der Waals surface area contributed by atoms with E-state index < -0.39 is 0 Å². The van der Waals surface area contributed by atoms with Crippen molar-refractivity contribution in [3.63, 3.8) is 0 Å². The third kappa shape index (κ3) is 2.85. The van der Waals surface area contributed by atoms with E-state index in [1.165, 1.54) is 11.6 Å². The second kappa shape index (κ2) is 5.81. The van der Waals surface area contributed by atoms with E-state index in [2.05, 4.69) is 40.1 Å². The Hall–Kier alpha value is -1.33. The maximum absolute atomic E-state index is 13.4. The van der Waals surface area contributed by atoms with Gasteiger partial charge in [-0.2, -0.15) is 0 Å². The fourth-order valence-electron chi connectivity index (χ4n) is 2.63. The van der Waals surface area contributed by atoms with Gasteiger partial charge in [-0.1, -0.05) is 13.8 Å². The first-order chi connectivity index (χ1) is 10.1. The molecule has 0 amide bonds. The zero-order chi connectivity index (χ0) is 15.0. The van der Waals surface area contributed by atoms with Gasteiger partial charge >= 0.3 is 0 Å². The lowest BCUT2D eigenvalue weighted by atomic mass is 9.97. The van der Waals surface area contributed by atoms with Crippen LogP contribution in [0.4, 0.5) is 4.39 Å². The van der Waals surface area contributed by atoms with Crippen molar-refractivity contribution < 1.29 is 4.39 Å². The van der Waals surface area contributed by atoms with Crippen LogP contribution in [0.25, 0.3) is 11.4 Å². The van der Waals surface area contributed by atoms with Crippen LogP contribution in [-0.2, 0) is 13.0 Å². The number of halogens is 2. The van der Waals surface area contributed by atoms with Crippen molar-refractivity contribution in [1.29, 1.82) is 0 Å². The first-order valence-corrected chi connectivity index (χ1v) is 7.91. The molecule has 1 aliphatic rings. The summed E-state index contributed by atoms with van der Waals surface area (Å²) in [5.74, 6) is 0.742. The predicted molar refractivity (Wildman–Crippen MR) is 84.6 cm³/mol. The minimum Gasteiger partial charge on any atom is -0.311 e. The van der Waals surface area contributed by atoms with Crippen molar-refractivity contribution in [2.75, 3.05) is 6.54 Å². The molecule has 0 radical (unpaired) electrons. The molecule has 5 heteroatoms. The molecule has 3 nitrogen and oxygen atoms in total. The first-order valence-electron chi connectivity index (χ1n) is 7.12. The highest BCUT2D eigenvalue weighted by molar-refractivity contribution is 9.10. The fourth-order valence-corrected chi connectivity index (χ4v) is 3.01.